The molecule has 1 saturated carbocycles. The third-order valence-corrected chi connectivity index (χ3v) is 5.20. The summed E-state index contributed by atoms with van der Waals surface area (Å²) in [6.45, 7) is 0. The van der Waals surface area contributed by atoms with Gasteiger partial charge in [0.2, 0.25) is 0 Å². The molecule has 0 saturated heterocycles. The lowest BCUT2D eigenvalue weighted by molar-refractivity contribution is 0.100. The minimum absolute atomic E-state index is 0.0557. The first-order valence-electron chi connectivity index (χ1n) is 8.00. The van der Waals surface area contributed by atoms with Crippen molar-refractivity contribution in [2.75, 3.05) is 0 Å². The topological polar surface area (TPSA) is 81.5 Å². The highest BCUT2D eigenvalue weighted by atomic mass is 16.1. The fourth-order valence-electron chi connectivity index (χ4n) is 4.29. The van der Waals surface area contributed by atoms with Crippen molar-refractivity contribution in [3.63, 3.8) is 0 Å². The number of hydrogen-bond acceptors (Lipinski definition) is 1. The van der Waals surface area contributed by atoms with Crippen LogP contribution in [0.15, 0.2) is 47.5 Å². The maximum Gasteiger partial charge on any atom is 0.280 e. The van der Waals surface area contributed by atoms with Crippen molar-refractivity contribution >= 4 is 11.9 Å². The predicted octanol–water partition coefficient (Wildman–Crippen LogP) is 2.94. The van der Waals surface area contributed by atoms with E-state index in [2.05, 4.69) is 29.3 Å². The number of fused-ring (bicyclic) bond motifs is 5. The van der Waals surface area contributed by atoms with Crippen LogP contribution in [0.2, 0.25) is 0 Å². The average molecular weight is 305 g/mol. The van der Waals surface area contributed by atoms with Crippen LogP contribution in [0.4, 0.5) is 0 Å². The van der Waals surface area contributed by atoms with Gasteiger partial charge in [0.1, 0.15) is 0 Å². The molecule has 4 rings (SSSR count). The summed E-state index contributed by atoms with van der Waals surface area (Å²) >= 11 is 0. The zero-order valence-electron chi connectivity index (χ0n) is 12.9. The molecule has 0 aromatic heterocycles. The first-order valence-corrected chi connectivity index (χ1v) is 8.00. The Morgan fingerprint density at radius 2 is 1.65 bits per heavy atom. The summed E-state index contributed by atoms with van der Waals surface area (Å²) in [7, 11) is 0. The SMILES string of the molecule is NC(N)=NC(=O)c1ccc2c(c1)C1(CCCC1)c1ccccc1-2. The molecular weight excluding hydrogens is 286 g/mol. The average Bonchev–Trinajstić information content (AvgIpc) is 3.13. The minimum Gasteiger partial charge on any atom is -0.370 e. The number of guanidine groups is 1. The summed E-state index contributed by atoms with van der Waals surface area (Å²) in [5.74, 6) is -0.578. The van der Waals surface area contributed by atoms with Crippen molar-refractivity contribution in [1.82, 2.24) is 0 Å². The lowest BCUT2D eigenvalue weighted by atomic mass is 9.76. The number of hydrogen-bond donors (Lipinski definition) is 2. The number of amides is 1. The van der Waals surface area contributed by atoms with Crippen molar-refractivity contribution in [2.45, 2.75) is 31.1 Å². The monoisotopic (exact) mass is 305 g/mol. The van der Waals surface area contributed by atoms with Gasteiger partial charge in [0.15, 0.2) is 5.96 Å². The molecule has 1 spiro atoms. The van der Waals surface area contributed by atoms with Gasteiger partial charge >= 0.3 is 0 Å². The molecule has 0 radical (unpaired) electrons. The normalized spacial score (nSPS) is 16.9. The zero-order valence-corrected chi connectivity index (χ0v) is 12.9. The van der Waals surface area contributed by atoms with E-state index in [4.69, 9.17) is 11.5 Å². The number of carbonyl (C=O) groups is 1. The molecule has 0 aliphatic heterocycles. The van der Waals surface area contributed by atoms with Crippen LogP contribution in [0.5, 0.6) is 0 Å². The van der Waals surface area contributed by atoms with Crippen LogP contribution in [0, 0.1) is 0 Å². The molecule has 23 heavy (non-hydrogen) atoms. The summed E-state index contributed by atoms with van der Waals surface area (Å²) in [4.78, 5) is 15.9. The zero-order chi connectivity index (χ0) is 16.0. The van der Waals surface area contributed by atoms with Crippen LogP contribution in [0.1, 0.15) is 47.2 Å². The van der Waals surface area contributed by atoms with E-state index in [0.717, 1.165) is 12.8 Å². The Balaban J connectivity index is 1.90. The van der Waals surface area contributed by atoms with Crippen molar-refractivity contribution in [3.05, 3.63) is 59.2 Å². The third-order valence-electron chi connectivity index (χ3n) is 5.20. The molecule has 4 nitrogen and oxygen atoms in total. The molecule has 0 bridgehead atoms. The van der Waals surface area contributed by atoms with Crippen LogP contribution in [0.3, 0.4) is 0 Å². The predicted molar refractivity (Wildman–Crippen MR) is 91.3 cm³/mol. The van der Waals surface area contributed by atoms with Crippen molar-refractivity contribution in [2.24, 2.45) is 16.5 Å². The highest BCUT2D eigenvalue weighted by molar-refractivity contribution is 6.02. The van der Waals surface area contributed by atoms with Gasteiger partial charge in [-0.25, -0.2) is 0 Å². The molecule has 4 N–H and O–H groups in total. The maximum absolute atomic E-state index is 12.2. The van der Waals surface area contributed by atoms with Crippen LogP contribution >= 0.6 is 0 Å². The quantitative estimate of drug-likeness (QED) is 0.628. The van der Waals surface area contributed by atoms with Crippen LogP contribution in [0.25, 0.3) is 11.1 Å². The standard InChI is InChI=1S/C19H19N3O/c20-18(21)22-17(23)12-7-8-14-13-5-1-2-6-15(13)19(16(14)11-12)9-3-4-10-19/h1-2,5-8,11H,3-4,9-10H2,(H4,20,21,22,23). The highest BCUT2D eigenvalue weighted by Gasteiger charge is 2.44. The van der Waals surface area contributed by atoms with Gasteiger partial charge in [-0.2, -0.15) is 4.99 Å². The highest BCUT2D eigenvalue weighted by Crippen LogP contribution is 2.56. The number of aliphatic imine (C=N–C) groups is 1. The molecule has 116 valence electrons. The van der Waals surface area contributed by atoms with E-state index < -0.39 is 0 Å². The molecule has 2 aromatic carbocycles. The lowest BCUT2D eigenvalue weighted by Gasteiger charge is -2.26. The minimum atomic E-state index is -0.378. The van der Waals surface area contributed by atoms with Gasteiger partial charge in [0, 0.05) is 11.0 Å². The Hall–Kier alpha value is -2.62. The molecule has 2 aliphatic rings. The molecule has 0 unspecified atom stereocenters. The fraction of sp³-hybridized carbons (Fsp3) is 0.263. The second kappa shape index (κ2) is 4.95. The molecule has 0 atom stereocenters. The van der Waals surface area contributed by atoms with Gasteiger partial charge in [-0.3, -0.25) is 4.79 Å². The molecule has 4 heteroatoms. The van der Waals surface area contributed by atoms with E-state index in [1.54, 1.807) is 0 Å². The van der Waals surface area contributed by atoms with Crippen molar-refractivity contribution in [3.8, 4) is 11.1 Å². The Labute approximate surface area is 135 Å². The Bertz CT molecular complexity index is 828. The van der Waals surface area contributed by atoms with E-state index >= 15 is 0 Å². The van der Waals surface area contributed by atoms with E-state index in [9.17, 15) is 4.79 Å². The molecule has 1 amide bonds. The van der Waals surface area contributed by atoms with Gasteiger partial charge in [0.05, 0.1) is 0 Å². The van der Waals surface area contributed by atoms with E-state index in [0.29, 0.717) is 5.56 Å². The van der Waals surface area contributed by atoms with Gasteiger partial charge in [-0.15, -0.1) is 0 Å². The van der Waals surface area contributed by atoms with Crippen molar-refractivity contribution in [1.29, 1.82) is 0 Å². The smallest absolute Gasteiger partial charge is 0.280 e. The lowest BCUT2D eigenvalue weighted by Crippen LogP contribution is -2.24. The Morgan fingerprint density at radius 3 is 2.39 bits per heavy atom. The maximum atomic E-state index is 12.2. The van der Waals surface area contributed by atoms with E-state index in [1.807, 2.05) is 18.2 Å². The van der Waals surface area contributed by atoms with Crippen LogP contribution in [-0.2, 0) is 5.41 Å². The number of carbonyl (C=O) groups excluding carboxylic acids is 1. The summed E-state index contributed by atoms with van der Waals surface area (Å²) in [6, 6.07) is 14.5. The number of benzene rings is 2. The Morgan fingerprint density at radius 1 is 0.957 bits per heavy atom. The third kappa shape index (κ3) is 1.98. The summed E-state index contributed by atoms with van der Waals surface area (Å²) in [5, 5.41) is 0. The first-order chi connectivity index (χ1) is 11.1. The van der Waals surface area contributed by atoms with Crippen LogP contribution in [-0.4, -0.2) is 11.9 Å². The van der Waals surface area contributed by atoms with Gasteiger partial charge < -0.3 is 11.5 Å². The molecule has 2 aliphatic carbocycles. The first kappa shape index (κ1) is 14.0. The number of rotatable bonds is 1. The fourth-order valence-corrected chi connectivity index (χ4v) is 4.29. The van der Waals surface area contributed by atoms with Crippen molar-refractivity contribution < 1.29 is 4.79 Å². The van der Waals surface area contributed by atoms with E-state index in [-0.39, 0.29) is 17.3 Å². The summed E-state index contributed by atoms with van der Waals surface area (Å²) in [6.07, 6.45) is 4.72. The molecular formula is C19H19N3O. The molecule has 2 aromatic rings. The second-order valence-corrected chi connectivity index (χ2v) is 6.44. The second-order valence-electron chi connectivity index (χ2n) is 6.44. The largest absolute Gasteiger partial charge is 0.370 e. The van der Waals surface area contributed by atoms with E-state index in [1.165, 1.54) is 35.1 Å². The molecule has 0 heterocycles. The summed E-state index contributed by atoms with van der Waals surface area (Å²) in [5.41, 5.74) is 16.5. The van der Waals surface area contributed by atoms with Gasteiger partial charge in [-0.05, 0) is 47.2 Å². The number of nitrogens with two attached hydrogens (primary N) is 2. The molecule has 1 fully saturated rings. The van der Waals surface area contributed by atoms with Gasteiger partial charge in [-0.1, -0.05) is 43.2 Å². The summed E-state index contributed by atoms with van der Waals surface area (Å²) < 4.78 is 0. The van der Waals surface area contributed by atoms with Gasteiger partial charge in [0.25, 0.3) is 5.91 Å². The Kier molecular flexibility index (Phi) is 3.01. The van der Waals surface area contributed by atoms with Crippen LogP contribution < -0.4 is 11.5 Å². The number of nitrogens with zero attached hydrogens (tertiary/aromatic N) is 1.